The van der Waals surface area contributed by atoms with Crippen LogP contribution in [0.1, 0.15) is 12.0 Å². The van der Waals surface area contributed by atoms with Gasteiger partial charge in [0.25, 0.3) is 0 Å². The molecule has 0 N–H and O–H groups in total. The number of benzene rings is 2. The van der Waals surface area contributed by atoms with Gasteiger partial charge in [-0.1, -0.05) is 0 Å². The Labute approximate surface area is 104 Å². The molecule has 0 unspecified atom stereocenters. The molecule has 0 atom stereocenters. The van der Waals surface area contributed by atoms with E-state index in [-0.39, 0.29) is 0 Å². The Hall–Kier alpha value is -0.761. The molecule has 0 aromatic heterocycles. The van der Waals surface area contributed by atoms with Crippen LogP contribution < -0.4 is 0 Å². The van der Waals surface area contributed by atoms with Crippen LogP contribution in [0.4, 0.5) is 0 Å². The predicted octanol–water partition coefficient (Wildman–Crippen LogP) is 3.45. The van der Waals surface area contributed by atoms with Crippen molar-refractivity contribution in [3.05, 3.63) is 58.2 Å². The second kappa shape index (κ2) is 4.84. The number of allylic oxidation sites excluding steroid dienone is 1. The van der Waals surface area contributed by atoms with Gasteiger partial charge in [-0.25, -0.2) is 0 Å². The zero-order valence-corrected chi connectivity index (χ0v) is 11.5. The minimum atomic E-state index is 1.12. The summed E-state index contributed by atoms with van der Waals surface area (Å²) in [5, 5.41) is 2.66. The van der Waals surface area contributed by atoms with E-state index in [4.69, 9.17) is 0 Å². The first-order valence-corrected chi connectivity index (χ1v) is 6.55. The molecule has 0 aliphatic rings. The van der Waals surface area contributed by atoms with E-state index in [0.717, 1.165) is 12.8 Å². The van der Waals surface area contributed by atoms with Crippen molar-refractivity contribution in [2.75, 3.05) is 0 Å². The van der Waals surface area contributed by atoms with E-state index < -0.39 is 0 Å². The van der Waals surface area contributed by atoms with Gasteiger partial charge in [0, 0.05) is 0 Å². The number of fused-ring (bicyclic) bond motifs is 1. The summed E-state index contributed by atoms with van der Waals surface area (Å²) in [5.74, 6) is 0. The van der Waals surface area contributed by atoms with Gasteiger partial charge < -0.3 is 0 Å². The second-order valence-corrected chi connectivity index (χ2v) is 5.80. The molecule has 0 fully saturated rings. The summed E-state index contributed by atoms with van der Waals surface area (Å²) in [4.78, 5) is 0. The van der Waals surface area contributed by atoms with Gasteiger partial charge in [0.2, 0.25) is 0 Å². The third kappa shape index (κ3) is 2.85. The van der Waals surface area contributed by atoms with Gasteiger partial charge >= 0.3 is 104 Å². The minimum absolute atomic E-state index is 1.12. The fourth-order valence-electron chi connectivity index (χ4n) is 1.69. The van der Waals surface area contributed by atoms with Gasteiger partial charge in [-0.2, -0.15) is 0 Å². The van der Waals surface area contributed by atoms with Gasteiger partial charge in [0.1, 0.15) is 0 Å². The zero-order chi connectivity index (χ0) is 10.7. The normalized spacial score (nSPS) is 10.5. The Balaban J connectivity index is 2.26. The summed E-state index contributed by atoms with van der Waals surface area (Å²) in [6, 6.07) is 15.2. The quantitative estimate of drug-likeness (QED) is 0.762. The van der Waals surface area contributed by atoms with Crippen molar-refractivity contribution in [2.24, 2.45) is 0 Å². The molecule has 0 amide bonds. The number of aryl methyl sites for hydroxylation is 1. The first-order chi connectivity index (χ1) is 7.25. The van der Waals surface area contributed by atoms with Gasteiger partial charge in [-0.3, -0.25) is 0 Å². The fourth-order valence-corrected chi connectivity index (χ4v) is 2.05. The van der Waals surface area contributed by atoms with Crippen LogP contribution in [-0.2, 0) is 6.42 Å². The van der Waals surface area contributed by atoms with E-state index in [1.165, 1.54) is 42.4 Å². The topological polar surface area (TPSA) is 0 Å². The predicted molar refractivity (Wildman–Crippen MR) is 67.2 cm³/mol. The third-order valence-corrected chi connectivity index (χ3v) is 3.24. The van der Waals surface area contributed by atoms with Crippen molar-refractivity contribution in [2.45, 2.75) is 12.8 Å². The Morgan fingerprint density at radius 2 is 1.80 bits per heavy atom. The van der Waals surface area contributed by atoms with Crippen molar-refractivity contribution in [3.63, 3.8) is 0 Å². The summed E-state index contributed by atoms with van der Waals surface area (Å²) < 4.78 is 1.34. The maximum atomic E-state index is 3.97. The van der Waals surface area contributed by atoms with Crippen molar-refractivity contribution in [1.82, 2.24) is 0 Å². The van der Waals surface area contributed by atoms with E-state index >= 15 is 0 Å². The molecule has 2 aromatic carbocycles. The number of hydrogen-bond donors (Lipinski definition) is 0. The van der Waals surface area contributed by atoms with Crippen LogP contribution in [-0.4, -0.2) is 22.5 Å². The van der Waals surface area contributed by atoms with E-state index in [0.29, 0.717) is 0 Å². The first-order valence-electron chi connectivity index (χ1n) is 5.13. The van der Waals surface area contributed by atoms with Gasteiger partial charge in [-0.15, -0.1) is 0 Å². The van der Waals surface area contributed by atoms with Gasteiger partial charge in [0.15, 0.2) is 0 Å². The van der Waals surface area contributed by atoms with Crippen molar-refractivity contribution in [1.29, 1.82) is 0 Å². The summed E-state index contributed by atoms with van der Waals surface area (Å²) in [7, 11) is 0. The monoisotopic (exact) mass is 301 g/mol. The number of hydrogen-bond acceptors (Lipinski definition) is 0. The molecule has 0 aliphatic carbocycles. The molecular formula is C14H13Sn. The van der Waals surface area contributed by atoms with E-state index in [1.807, 2.05) is 0 Å². The second-order valence-electron chi connectivity index (χ2n) is 3.79. The van der Waals surface area contributed by atoms with E-state index in [1.54, 1.807) is 0 Å². The van der Waals surface area contributed by atoms with Crippen LogP contribution in [0.15, 0.2) is 52.6 Å². The molecule has 1 heteroatoms. The molecule has 0 bridgehead atoms. The zero-order valence-electron chi connectivity index (χ0n) is 8.66. The summed E-state index contributed by atoms with van der Waals surface area (Å²) in [5.41, 5.74) is 1.41. The van der Waals surface area contributed by atoms with Crippen LogP contribution in [0.25, 0.3) is 10.8 Å². The van der Waals surface area contributed by atoms with Crippen molar-refractivity contribution < 1.29 is 0 Å². The first kappa shape index (κ1) is 10.7. The molecule has 3 radical (unpaired) electrons. The number of rotatable bonds is 3. The molecule has 0 saturated carbocycles. The molecule has 15 heavy (non-hydrogen) atoms. The van der Waals surface area contributed by atoms with Crippen LogP contribution in [0.3, 0.4) is 0 Å². The van der Waals surface area contributed by atoms with Crippen molar-refractivity contribution >= 4 is 33.3 Å². The van der Waals surface area contributed by atoms with Crippen LogP contribution >= 0.6 is 0 Å². The Kier molecular flexibility index (Phi) is 3.47. The Morgan fingerprint density at radius 3 is 2.53 bits per heavy atom. The molecule has 2 aromatic rings. The van der Waals surface area contributed by atoms with Gasteiger partial charge in [0.05, 0.1) is 0 Å². The fraction of sp³-hybridized carbons (Fsp3) is 0.143. The Morgan fingerprint density at radius 1 is 1.07 bits per heavy atom. The molecule has 0 aliphatic heterocycles. The van der Waals surface area contributed by atoms with E-state index in [9.17, 15) is 0 Å². The maximum absolute atomic E-state index is 3.97. The summed E-state index contributed by atoms with van der Waals surface area (Å²) >= 11 is 1.46. The van der Waals surface area contributed by atoms with E-state index in [2.05, 4.69) is 49.0 Å². The molecule has 0 spiro atoms. The van der Waals surface area contributed by atoms with Gasteiger partial charge in [-0.05, 0) is 0 Å². The summed E-state index contributed by atoms with van der Waals surface area (Å²) in [6.07, 6.45) is 2.24. The average Bonchev–Trinajstić information content (AvgIpc) is 2.26. The van der Waals surface area contributed by atoms with Crippen LogP contribution in [0.2, 0.25) is 0 Å². The Bertz CT molecular complexity index is 485. The SMILES string of the molecule is C=[C]([Sn])CCc1ccc2ccccc2c1. The van der Waals surface area contributed by atoms with Crippen LogP contribution in [0, 0.1) is 0 Å². The summed E-state index contributed by atoms with van der Waals surface area (Å²) in [6.45, 7) is 3.97. The standard InChI is InChI=1S/C14H13.Sn/c1-2-3-6-12-9-10-13-7-4-5-8-14(13)11-12;/h4-5,7-11H,1,3,6H2;. The molecule has 0 saturated heterocycles. The van der Waals surface area contributed by atoms with Crippen LogP contribution in [0.5, 0.6) is 0 Å². The molecule has 73 valence electrons. The molecule has 2 rings (SSSR count). The molecule has 0 heterocycles. The molecular weight excluding hydrogens is 287 g/mol. The average molecular weight is 300 g/mol. The third-order valence-electron chi connectivity index (χ3n) is 2.53. The van der Waals surface area contributed by atoms with Crippen molar-refractivity contribution in [3.8, 4) is 0 Å². The molecule has 0 nitrogen and oxygen atoms in total.